The van der Waals surface area contributed by atoms with E-state index in [9.17, 15) is 0 Å². The van der Waals surface area contributed by atoms with Crippen LogP contribution in [0, 0.1) is 0 Å². The molecule has 0 radical (unpaired) electrons. The molecule has 0 aromatic rings. The van der Waals surface area contributed by atoms with Crippen LogP contribution in [0.3, 0.4) is 0 Å². The number of nitrogens with one attached hydrogen (secondary N) is 1. The quantitative estimate of drug-likeness (QED) is 0.753. The van der Waals surface area contributed by atoms with Crippen molar-refractivity contribution < 1.29 is 0 Å². The predicted molar refractivity (Wildman–Crippen MR) is 74.1 cm³/mol. The van der Waals surface area contributed by atoms with Crippen LogP contribution in [-0.2, 0) is 0 Å². The van der Waals surface area contributed by atoms with Crippen LogP contribution in [0.4, 0.5) is 0 Å². The van der Waals surface area contributed by atoms with Crippen molar-refractivity contribution in [3.63, 3.8) is 0 Å². The first-order valence-electron chi connectivity index (χ1n) is 6.76. The van der Waals surface area contributed by atoms with Crippen LogP contribution >= 0.6 is 11.8 Å². The van der Waals surface area contributed by atoms with Gasteiger partial charge in [-0.3, -0.25) is 0 Å². The highest BCUT2D eigenvalue weighted by Gasteiger charge is 2.38. The standard InChI is InChI=1S/C14H25NS/c1-14(10-7-11-16-14)13(15-2)12-8-5-3-4-6-9-12/h8,13,15H,3-7,9-11H2,1-2H3. The van der Waals surface area contributed by atoms with E-state index >= 15 is 0 Å². The fourth-order valence-corrected chi connectivity index (χ4v) is 4.69. The normalized spacial score (nSPS) is 33.2. The molecular weight excluding hydrogens is 214 g/mol. The molecule has 92 valence electrons. The number of hydrogen-bond acceptors (Lipinski definition) is 2. The van der Waals surface area contributed by atoms with E-state index in [4.69, 9.17) is 0 Å². The molecule has 1 aliphatic carbocycles. The van der Waals surface area contributed by atoms with E-state index in [-0.39, 0.29) is 0 Å². The fraction of sp³-hybridized carbons (Fsp3) is 0.857. The third-order valence-corrected chi connectivity index (χ3v) is 5.69. The highest BCUT2D eigenvalue weighted by molar-refractivity contribution is 8.00. The van der Waals surface area contributed by atoms with Gasteiger partial charge in [0.25, 0.3) is 0 Å². The maximum Gasteiger partial charge on any atom is 0.0423 e. The minimum Gasteiger partial charge on any atom is -0.312 e. The lowest BCUT2D eigenvalue weighted by molar-refractivity contribution is 0.460. The van der Waals surface area contributed by atoms with Crippen molar-refractivity contribution in [3.05, 3.63) is 11.6 Å². The summed E-state index contributed by atoms with van der Waals surface area (Å²) in [6.07, 6.45) is 12.1. The number of hydrogen-bond donors (Lipinski definition) is 1. The average molecular weight is 239 g/mol. The Balaban J connectivity index is 2.11. The van der Waals surface area contributed by atoms with Gasteiger partial charge in [-0.25, -0.2) is 0 Å². The molecule has 2 rings (SSSR count). The van der Waals surface area contributed by atoms with Gasteiger partial charge < -0.3 is 5.32 Å². The van der Waals surface area contributed by atoms with E-state index in [1.165, 1.54) is 50.7 Å². The minimum absolute atomic E-state index is 0.449. The van der Waals surface area contributed by atoms with Crippen LogP contribution in [0.5, 0.6) is 0 Å². The fourth-order valence-electron chi connectivity index (χ4n) is 3.21. The maximum atomic E-state index is 3.59. The predicted octanol–water partition coefficient (Wildman–Crippen LogP) is 3.75. The van der Waals surface area contributed by atoms with Gasteiger partial charge in [-0.15, -0.1) is 0 Å². The van der Waals surface area contributed by atoms with Gasteiger partial charge >= 0.3 is 0 Å². The van der Waals surface area contributed by atoms with E-state index in [0.717, 1.165) is 0 Å². The third kappa shape index (κ3) is 2.65. The van der Waals surface area contributed by atoms with Crippen LogP contribution in [-0.4, -0.2) is 23.6 Å². The summed E-state index contributed by atoms with van der Waals surface area (Å²) in [7, 11) is 2.14. The van der Waals surface area contributed by atoms with Gasteiger partial charge in [0.1, 0.15) is 0 Å². The number of allylic oxidation sites excluding steroid dienone is 1. The lowest BCUT2D eigenvalue weighted by Gasteiger charge is -2.35. The molecule has 16 heavy (non-hydrogen) atoms. The molecule has 1 aliphatic heterocycles. The first kappa shape index (κ1) is 12.5. The molecule has 0 aromatic heterocycles. The molecule has 1 nitrogen and oxygen atoms in total. The monoisotopic (exact) mass is 239 g/mol. The molecule has 1 heterocycles. The second kappa shape index (κ2) is 5.59. The Morgan fingerprint density at radius 2 is 2.19 bits per heavy atom. The molecule has 1 saturated heterocycles. The van der Waals surface area contributed by atoms with Crippen molar-refractivity contribution in [2.24, 2.45) is 0 Å². The summed E-state index contributed by atoms with van der Waals surface area (Å²) in [5, 5.41) is 3.59. The van der Waals surface area contributed by atoms with Gasteiger partial charge in [0.2, 0.25) is 0 Å². The van der Waals surface area contributed by atoms with Gasteiger partial charge in [-0.2, -0.15) is 11.8 Å². The molecule has 2 aliphatic rings. The van der Waals surface area contributed by atoms with Crippen LogP contribution in [0.25, 0.3) is 0 Å². The van der Waals surface area contributed by atoms with Gasteiger partial charge in [0.05, 0.1) is 0 Å². The third-order valence-electron chi connectivity index (χ3n) is 4.10. The maximum absolute atomic E-state index is 3.59. The van der Waals surface area contributed by atoms with Crippen molar-refractivity contribution >= 4 is 11.8 Å². The lowest BCUT2D eigenvalue weighted by atomic mass is 9.88. The van der Waals surface area contributed by atoms with E-state index in [1.807, 2.05) is 0 Å². The van der Waals surface area contributed by atoms with Gasteiger partial charge in [0, 0.05) is 10.8 Å². The summed E-state index contributed by atoms with van der Waals surface area (Å²) >= 11 is 2.17. The average Bonchev–Trinajstić information content (AvgIpc) is 2.54. The molecule has 0 aromatic carbocycles. The largest absolute Gasteiger partial charge is 0.312 e. The highest BCUT2D eigenvalue weighted by atomic mass is 32.2. The van der Waals surface area contributed by atoms with E-state index in [2.05, 4.69) is 37.1 Å². The van der Waals surface area contributed by atoms with Crippen LogP contribution < -0.4 is 5.32 Å². The number of rotatable bonds is 3. The van der Waals surface area contributed by atoms with Crippen LogP contribution in [0.1, 0.15) is 51.9 Å². The summed E-state index contributed by atoms with van der Waals surface area (Å²) < 4.78 is 0.449. The first-order chi connectivity index (χ1) is 7.76. The zero-order chi connectivity index (χ0) is 11.4. The Morgan fingerprint density at radius 3 is 2.88 bits per heavy atom. The second-order valence-electron chi connectivity index (χ2n) is 5.36. The molecular formula is C14H25NS. The molecule has 0 saturated carbocycles. The molecule has 0 amide bonds. The Bertz CT molecular complexity index is 253. The summed E-state index contributed by atoms with van der Waals surface area (Å²) in [5.41, 5.74) is 1.69. The van der Waals surface area contributed by atoms with Crippen LogP contribution in [0.2, 0.25) is 0 Å². The first-order valence-corrected chi connectivity index (χ1v) is 7.75. The second-order valence-corrected chi connectivity index (χ2v) is 6.99. The molecule has 0 bridgehead atoms. The zero-order valence-electron chi connectivity index (χ0n) is 10.7. The topological polar surface area (TPSA) is 12.0 Å². The Labute approximate surface area is 104 Å². The summed E-state index contributed by atoms with van der Waals surface area (Å²) in [6.45, 7) is 2.46. The molecule has 1 fully saturated rings. The van der Waals surface area contributed by atoms with E-state index < -0.39 is 0 Å². The van der Waals surface area contributed by atoms with Crippen molar-refractivity contribution in [2.45, 2.75) is 62.7 Å². The molecule has 2 atom stereocenters. The Morgan fingerprint density at radius 1 is 1.31 bits per heavy atom. The van der Waals surface area contributed by atoms with Crippen molar-refractivity contribution in [1.82, 2.24) is 5.32 Å². The minimum atomic E-state index is 0.449. The van der Waals surface area contributed by atoms with Crippen LogP contribution in [0.15, 0.2) is 11.6 Å². The van der Waals surface area contributed by atoms with Gasteiger partial charge in [0.15, 0.2) is 0 Å². The lowest BCUT2D eigenvalue weighted by Crippen LogP contribution is -2.44. The highest BCUT2D eigenvalue weighted by Crippen LogP contribution is 2.43. The van der Waals surface area contributed by atoms with Crippen molar-refractivity contribution in [1.29, 1.82) is 0 Å². The number of thioether (sulfide) groups is 1. The van der Waals surface area contributed by atoms with Crippen molar-refractivity contribution in [2.75, 3.05) is 12.8 Å². The van der Waals surface area contributed by atoms with E-state index in [1.54, 1.807) is 5.57 Å². The van der Waals surface area contributed by atoms with E-state index in [0.29, 0.717) is 10.8 Å². The summed E-state index contributed by atoms with van der Waals surface area (Å²) in [6, 6.07) is 0.609. The molecule has 1 N–H and O–H groups in total. The molecule has 0 spiro atoms. The number of likely N-dealkylation sites (N-methyl/N-ethyl adjacent to an activating group) is 1. The Hall–Kier alpha value is 0.0500. The molecule has 2 unspecified atom stereocenters. The summed E-state index contributed by atoms with van der Waals surface area (Å²) in [5.74, 6) is 1.35. The summed E-state index contributed by atoms with van der Waals surface area (Å²) in [4.78, 5) is 0. The Kier molecular flexibility index (Phi) is 4.37. The SMILES string of the molecule is CNC(C1=CCCCCC1)C1(C)CCCS1. The van der Waals surface area contributed by atoms with Gasteiger partial charge in [-0.05, 0) is 58.2 Å². The van der Waals surface area contributed by atoms with Crippen molar-refractivity contribution in [3.8, 4) is 0 Å². The molecule has 2 heteroatoms. The smallest absolute Gasteiger partial charge is 0.0423 e. The zero-order valence-corrected chi connectivity index (χ0v) is 11.5. The van der Waals surface area contributed by atoms with Gasteiger partial charge in [-0.1, -0.05) is 18.1 Å².